The highest BCUT2D eigenvalue weighted by molar-refractivity contribution is 7.99. The normalized spacial score (nSPS) is 10.7. The summed E-state index contributed by atoms with van der Waals surface area (Å²) in [5.41, 5.74) is 3.19. The molecule has 0 saturated carbocycles. The van der Waals surface area contributed by atoms with Crippen molar-refractivity contribution in [3.05, 3.63) is 95.6 Å². The average molecular weight is 476 g/mol. The van der Waals surface area contributed by atoms with Crippen molar-refractivity contribution in [1.29, 1.82) is 0 Å². The molecule has 0 radical (unpaired) electrons. The highest BCUT2D eigenvalue weighted by atomic mass is 32.2. The first-order chi connectivity index (χ1) is 16.4. The third-order valence-corrected chi connectivity index (χ3v) is 5.90. The summed E-state index contributed by atoms with van der Waals surface area (Å²) >= 11 is 1.25. The van der Waals surface area contributed by atoms with Crippen LogP contribution in [-0.4, -0.2) is 32.3 Å². The highest BCUT2D eigenvalue weighted by Gasteiger charge is 2.16. The third kappa shape index (κ3) is 5.49. The quantitative estimate of drug-likeness (QED) is 0.367. The summed E-state index contributed by atoms with van der Waals surface area (Å²) in [6.45, 7) is 3.87. The lowest BCUT2D eigenvalue weighted by atomic mass is 10.1. The molecule has 2 N–H and O–H groups in total. The van der Waals surface area contributed by atoms with Gasteiger partial charge in [-0.2, -0.15) is 0 Å². The zero-order valence-corrected chi connectivity index (χ0v) is 19.4. The van der Waals surface area contributed by atoms with Gasteiger partial charge in [0.2, 0.25) is 5.91 Å². The number of nitrogens with one attached hydrogen (secondary N) is 2. The SMILES string of the molecule is Cc1ccc(-n2c(C)nnc2SCC(=O)Nc2ccccc2C(=O)Nc2ccc(F)cc2)cc1. The minimum Gasteiger partial charge on any atom is -0.325 e. The predicted molar refractivity (Wildman–Crippen MR) is 131 cm³/mol. The lowest BCUT2D eigenvalue weighted by Crippen LogP contribution is -2.19. The summed E-state index contributed by atoms with van der Waals surface area (Å²) in [6.07, 6.45) is 0. The van der Waals surface area contributed by atoms with Crippen molar-refractivity contribution >= 4 is 35.0 Å². The maximum Gasteiger partial charge on any atom is 0.257 e. The number of anilines is 2. The Morgan fingerprint density at radius 3 is 2.35 bits per heavy atom. The molecule has 1 heterocycles. The van der Waals surface area contributed by atoms with E-state index in [4.69, 9.17) is 0 Å². The number of thioether (sulfide) groups is 1. The molecule has 0 unspecified atom stereocenters. The van der Waals surface area contributed by atoms with E-state index in [1.165, 1.54) is 36.0 Å². The van der Waals surface area contributed by atoms with Crippen LogP contribution in [0.2, 0.25) is 0 Å². The molecule has 172 valence electrons. The van der Waals surface area contributed by atoms with Crippen LogP contribution in [0.25, 0.3) is 5.69 Å². The number of halogens is 1. The largest absolute Gasteiger partial charge is 0.325 e. The van der Waals surface area contributed by atoms with Crippen molar-refractivity contribution in [1.82, 2.24) is 14.8 Å². The number of nitrogens with zero attached hydrogens (tertiary/aromatic N) is 3. The van der Waals surface area contributed by atoms with Crippen LogP contribution in [0.1, 0.15) is 21.7 Å². The second-order valence-electron chi connectivity index (χ2n) is 7.54. The molecule has 0 aliphatic rings. The standard InChI is InChI=1S/C25H22FN5O2S/c1-16-7-13-20(14-8-16)31-17(2)29-30-25(31)34-15-23(32)28-22-6-4-3-5-21(22)24(33)27-19-11-9-18(26)10-12-19/h3-14H,15H2,1-2H3,(H,27,33)(H,28,32). The minimum absolute atomic E-state index is 0.0813. The van der Waals surface area contributed by atoms with Gasteiger partial charge >= 0.3 is 0 Å². The molecule has 3 aromatic carbocycles. The molecule has 0 aliphatic carbocycles. The fourth-order valence-corrected chi connectivity index (χ4v) is 4.06. The van der Waals surface area contributed by atoms with E-state index in [9.17, 15) is 14.0 Å². The molecular formula is C25H22FN5O2S. The number of aromatic nitrogens is 3. The lowest BCUT2D eigenvalue weighted by molar-refractivity contribution is -0.113. The number of rotatable bonds is 7. The van der Waals surface area contributed by atoms with Crippen LogP contribution in [-0.2, 0) is 4.79 Å². The first-order valence-corrected chi connectivity index (χ1v) is 11.5. The summed E-state index contributed by atoms with van der Waals surface area (Å²) in [7, 11) is 0. The highest BCUT2D eigenvalue weighted by Crippen LogP contribution is 2.23. The van der Waals surface area contributed by atoms with Gasteiger partial charge in [-0.1, -0.05) is 41.6 Å². The van der Waals surface area contributed by atoms with E-state index in [2.05, 4.69) is 20.8 Å². The van der Waals surface area contributed by atoms with E-state index in [0.29, 0.717) is 22.1 Å². The van der Waals surface area contributed by atoms with E-state index in [-0.39, 0.29) is 11.7 Å². The van der Waals surface area contributed by atoms with Crippen molar-refractivity contribution in [2.24, 2.45) is 0 Å². The fourth-order valence-electron chi connectivity index (χ4n) is 3.27. The summed E-state index contributed by atoms with van der Waals surface area (Å²) in [5, 5.41) is 14.4. The Balaban J connectivity index is 1.43. The van der Waals surface area contributed by atoms with Crippen LogP contribution in [0.15, 0.2) is 78.0 Å². The summed E-state index contributed by atoms with van der Waals surface area (Å²) < 4.78 is 15.0. The monoisotopic (exact) mass is 475 g/mol. The summed E-state index contributed by atoms with van der Waals surface area (Å²) in [6, 6.07) is 20.1. The Morgan fingerprint density at radius 2 is 1.62 bits per heavy atom. The Morgan fingerprint density at radius 1 is 0.912 bits per heavy atom. The molecule has 9 heteroatoms. The van der Waals surface area contributed by atoms with Crippen molar-refractivity contribution in [2.45, 2.75) is 19.0 Å². The summed E-state index contributed by atoms with van der Waals surface area (Å²) in [5.74, 6) is -0.294. The number of benzene rings is 3. The number of hydrogen-bond acceptors (Lipinski definition) is 5. The Bertz CT molecular complexity index is 1320. The molecule has 4 rings (SSSR count). The molecule has 0 aliphatic heterocycles. The molecule has 0 fully saturated rings. The Kier molecular flexibility index (Phi) is 7.03. The molecule has 2 amide bonds. The topological polar surface area (TPSA) is 88.9 Å². The molecule has 0 atom stereocenters. The maximum absolute atomic E-state index is 13.1. The van der Waals surface area contributed by atoms with Crippen molar-refractivity contribution in [2.75, 3.05) is 16.4 Å². The lowest BCUT2D eigenvalue weighted by Gasteiger charge is -2.12. The smallest absolute Gasteiger partial charge is 0.257 e. The Hall–Kier alpha value is -3.98. The van der Waals surface area contributed by atoms with Gasteiger partial charge in [-0.3, -0.25) is 14.2 Å². The van der Waals surface area contributed by atoms with Gasteiger partial charge in [0.25, 0.3) is 5.91 Å². The van der Waals surface area contributed by atoms with Gasteiger partial charge in [0.1, 0.15) is 11.6 Å². The van der Waals surface area contributed by atoms with Gasteiger partial charge in [-0.15, -0.1) is 10.2 Å². The minimum atomic E-state index is -0.412. The van der Waals surface area contributed by atoms with Crippen LogP contribution in [0, 0.1) is 19.7 Å². The van der Waals surface area contributed by atoms with Crippen LogP contribution in [0.4, 0.5) is 15.8 Å². The zero-order chi connectivity index (χ0) is 24.1. The van der Waals surface area contributed by atoms with Gasteiger partial charge < -0.3 is 10.6 Å². The average Bonchev–Trinajstić information content (AvgIpc) is 3.20. The zero-order valence-electron chi connectivity index (χ0n) is 18.6. The van der Waals surface area contributed by atoms with E-state index in [0.717, 1.165) is 17.1 Å². The number of para-hydroxylation sites is 1. The summed E-state index contributed by atoms with van der Waals surface area (Å²) in [4.78, 5) is 25.4. The van der Waals surface area contributed by atoms with E-state index in [1.54, 1.807) is 24.3 Å². The van der Waals surface area contributed by atoms with Gasteiger partial charge in [0.15, 0.2) is 5.16 Å². The van der Waals surface area contributed by atoms with Crippen LogP contribution in [0.3, 0.4) is 0 Å². The second kappa shape index (κ2) is 10.3. The number of carbonyl (C=O) groups excluding carboxylic acids is 2. The first-order valence-electron chi connectivity index (χ1n) is 10.5. The molecule has 0 saturated heterocycles. The maximum atomic E-state index is 13.1. The second-order valence-corrected chi connectivity index (χ2v) is 8.49. The molecule has 1 aromatic heterocycles. The molecule has 7 nitrogen and oxygen atoms in total. The molecule has 0 bridgehead atoms. The number of amides is 2. The van der Waals surface area contributed by atoms with Gasteiger partial charge in [-0.25, -0.2) is 4.39 Å². The molecule has 34 heavy (non-hydrogen) atoms. The van der Waals surface area contributed by atoms with E-state index >= 15 is 0 Å². The number of hydrogen-bond donors (Lipinski definition) is 2. The Labute approximate surface area is 200 Å². The molecule has 4 aromatic rings. The van der Waals surface area contributed by atoms with Crippen LogP contribution in [0.5, 0.6) is 0 Å². The van der Waals surface area contributed by atoms with E-state index < -0.39 is 11.7 Å². The fraction of sp³-hybridized carbons (Fsp3) is 0.120. The molecule has 0 spiro atoms. The predicted octanol–water partition coefficient (Wildman–Crippen LogP) is 5.01. The number of carbonyl (C=O) groups is 2. The first kappa shape index (κ1) is 23.2. The van der Waals surface area contributed by atoms with Gasteiger partial charge in [0.05, 0.1) is 17.0 Å². The molecular weight excluding hydrogens is 453 g/mol. The third-order valence-electron chi connectivity index (χ3n) is 4.97. The van der Waals surface area contributed by atoms with Gasteiger partial charge in [0, 0.05) is 11.4 Å². The van der Waals surface area contributed by atoms with Crippen molar-refractivity contribution < 1.29 is 14.0 Å². The van der Waals surface area contributed by atoms with Crippen molar-refractivity contribution in [3.63, 3.8) is 0 Å². The van der Waals surface area contributed by atoms with Gasteiger partial charge in [-0.05, 0) is 62.4 Å². The van der Waals surface area contributed by atoms with E-state index in [1.807, 2.05) is 42.7 Å². The number of aryl methyl sites for hydroxylation is 2. The van der Waals surface area contributed by atoms with Crippen LogP contribution < -0.4 is 10.6 Å². The van der Waals surface area contributed by atoms with Crippen LogP contribution >= 0.6 is 11.8 Å². The van der Waals surface area contributed by atoms with Crippen molar-refractivity contribution in [3.8, 4) is 5.69 Å².